The van der Waals surface area contributed by atoms with Crippen LogP contribution in [0.25, 0.3) is 5.65 Å². The van der Waals surface area contributed by atoms with Crippen LogP contribution in [0.3, 0.4) is 0 Å². The van der Waals surface area contributed by atoms with E-state index in [1.54, 1.807) is 0 Å². The van der Waals surface area contributed by atoms with E-state index in [1.165, 1.54) is 11.4 Å². The molecule has 6 nitrogen and oxygen atoms in total. The summed E-state index contributed by atoms with van der Waals surface area (Å²) in [5, 5.41) is 0. The largest absolute Gasteiger partial charge is 0.376 e. The van der Waals surface area contributed by atoms with Gasteiger partial charge in [-0.1, -0.05) is 6.07 Å². The number of imidazole rings is 1. The zero-order chi connectivity index (χ0) is 19.8. The Labute approximate surface area is 172 Å². The number of hydrogen-bond acceptors (Lipinski definition) is 4. The summed E-state index contributed by atoms with van der Waals surface area (Å²) in [5.74, 6) is 0.338. The predicted octanol–water partition coefficient (Wildman–Crippen LogP) is 3.17. The van der Waals surface area contributed by atoms with Crippen LogP contribution in [-0.4, -0.2) is 63.0 Å². The van der Waals surface area contributed by atoms with Crippen LogP contribution in [0, 0.1) is 6.92 Å². The van der Waals surface area contributed by atoms with Crippen LogP contribution in [0.2, 0.25) is 0 Å². The van der Waals surface area contributed by atoms with Gasteiger partial charge in [0.15, 0.2) is 0 Å². The molecule has 5 heterocycles. The van der Waals surface area contributed by atoms with Crippen LogP contribution in [0.15, 0.2) is 24.4 Å². The van der Waals surface area contributed by atoms with Gasteiger partial charge < -0.3 is 14.0 Å². The maximum Gasteiger partial charge on any atom is 0.223 e. The first kappa shape index (κ1) is 19.1. The zero-order valence-electron chi connectivity index (χ0n) is 17.5. The standard InChI is InChI=1S/C23H32N4O2/c1-18-20(24-21-7-2-3-13-26(18)21)17-25-12-5-9-23(11-14-25)10-8-22(28)27(23)16-19-6-4-15-29-19/h2-3,7,13,19H,4-6,8-12,14-17H2,1H3/t19-,23+/m1/s1. The Hall–Kier alpha value is -1.92. The summed E-state index contributed by atoms with van der Waals surface area (Å²) in [7, 11) is 0. The number of fused-ring (bicyclic) bond motifs is 1. The Morgan fingerprint density at radius 2 is 2.14 bits per heavy atom. The highest BCUT2D eigenvalue weighted by atomic mass is 16.5. The average Bonchev–Trinajstić information content (AvgIpc) is 3.38. The minimum Gasteiger partial charge on any atom is -0.376 e. The molecule has 5 rings (SSSR count). The van der Waals surface area contributed by atoms with E-state index in [-0.39, 0.29) is 11.6 Å². The summed E-state index contributed by atoms with van der Waals surface area (Å²) in [4.78, 5) is 22.3. The molecule has 3 aliphatic heterocycles. The summed E-state index contributed by atoms with van der Waals surface area (Å²) >= 11 is 0. The minimum absolute atomic E-state index is 0.0474. The first-order valence-electron chi connectivity index (χ1n) is 11.2. The van der Waals surface area contributed by atoms with Crippen LogP contribution in [0.5, 0.6) is 0 Å². The topological polar surface area (TPSA) is 50.1 Å². The maximum absolute atomic E-state index is 12.7. The van der Waals surface area contributed by atoms with Crippen molar-refractivity contribution in [2.45, 2.75) is 70.1 Å². The Morgan fingerprint density at radius 1 is 1.21 bits per heavy atom. The van der Waals surface area contributed by atoms with E-state index in [0.717, 1.165) is 77.0 Å². The van der Waals surface area contributed by atoms with Gasteiger partial charge in [0.05, 0.1) is 11.8 Å². The van der Waals surface area contributed by atoms with Crippen molar-refractivity contribution in [3.63, 3.8) is 0 Å². The quantitative estimate of drug-likeness (QED) is 0.797. The first-order chi connectivity index (χ1) is 14.1. The van der Waals surface area contributed by atoms with E-state index < -0.39 is 0 Å². The Balaban J connectivity index is 1.29. The number of likely N-dealkylation sites (tertiary alicyclic amines) is 2. The number of aryl methyl sites for hydroxylation is 1. The van der Waals surface area contributed by atoms with Gasteiger partial charge in [0.1, 0.15) is 5.65 Å². The van der Waals surface area contributed by atoms with Gasteiger partial charge in [0.25, 0.3) is 0 Å². The lowest BCUT2D eigenvalue weighted by molar-refractivity contribution is -0.133. The molecule has 0 unspecified atom stereocenters. The Morgan fingerprint density at radius 3 is 2.97 bits per heavy atom. The molecule has 2 aromatic heterocycles. The van der Waals surface area contributed by atoms with Crippen LogP contribution < -0.4 is 0 Å². The van der Waals surface area contributed by atoms with Gasteiger partial charge in [-0.25, -0.2) is 4.98 Å². The van der Waals surface area contributed by atoms with Crippen molar-refractivity contribution in [2.75, 3.05) is 26.2 Å². The minimum atomic E-state index is 0.0474. The number of aromatic nitrogens is 2. The molecule has 3 fully saturated rings. The van der Waals surface area contributed by atoms with Crippen molar-refractivity contribution < 1.29 is 9.53 Å². The number of hydrogen-bond donors (Lipinski definition) is 0. The lowest BCUT2D eigenvalue weighted by atomic mass is 9.87. The molecule has 0 saturated carbocycles. The summed E-state index contributed by atoms with van der Waals surface area (Å²) in [6.07, 6.45) is 9.61. The second-order valence-corrected chi connectivity index (χ2v) is 9.07. The van der Waals surface area contributed by atoms with E-state index in [1.807, 2.05) is 6.07 Å². The SMILES string of the molecule is Cc1c(CN2CCC[C@]3(CCC(=O)N3C[C@H]3CCCO3)CC2)nc2ccccn12. The molecule has 1 amide bonds. The van der Waals surface area contributed by atoms with Crippen molar-refractivity contribution in [3.05, 3.63) is 35.8 Å². The third-order valence-electron chi connectivity index (χ3n) is 7.34. The fourth-order valence-electron chi connectivity index (χ4n) is 5.60. The van der Waals surface area contributed by atoms with Gasteiger partial charge in [-0.05, 0) is 64.1 Å². The van der Waals surface area contributed by atoms with Crippen molar-refractivity contribution in [3.8, 4) is 0 Å². The van der Waals surface area contributed by atoms with Crippen molar-refractivity contribution in [1.29, 1.82) is 0 Å². The molecule has 2 aromatic rings. The summed E-state index contributed by atoms with van der Waals surface area (Å²) in [6, 6.07) is 6.17. The molecule has 156 valence electrons. The number of carbonyl (C=O) groups excluding carboxylic acids is 1. The van der Waals surface area contributed by atoms with E-state index in [2.05, 4.69) is 39.5 Å². The molecular formula is C23H32N4O2. The molecule has 0 aromatic carbocycles. The smallest absolute Gasteiger partial charge is 0.223 e. The van der Waals surface area contributed by atoms with Crippen LogP contribution in [-0.2, 0) is 16.1 Å². The molecule has 1 spiro atoms. The van der Waals surface area contributed by atoms with Gasteiger partial charge in [-0.15, -0.1) is 0 Å². The molecule has 6 heteroatoms. The average molecular weight is 397 g/mol. The second-order valence-electron chi connectivity index (χ2n) is 9.07. The van der Waals surface area contributed by atoms with Crippen LogP contribution in [0.1, 0.15) is 56.3 Å². The zero-order valence-corrected chi connectivity index (χ0v) is 17.5. The molecule has 3 aliphatic rings. The van der Waals surface area contributed by atoms with Crippen molar-refractivity contribution in [2.24, 2.45) is 0 Å². The summed E-state index contributed by atoms with van der Waals surface area (Å²) in [6.45, 7) is 6.81. The predicted molar refractivity (Wildman–Crippen MR) is 112 cm³/mol. The molecule has 0 aliphatic carbocycles. The van der Waals surface area contributed by atoms with E-state index in [4.69, 9.17) is 9.72 Å². The fraction of sp³-hybridized carbons (Fsp3) is 0.652. The second kappa shape index (κ2) is 7.73. The van der Waals surface area contributed by atoms with Gasteiger partial charge in [-0.3, -0.25) is 9.69 Å². The van der Waals surface area contributed by atoms with E-state index >= 15 is 0 Å². The highest BCUT2D eigenvalue weighted by Gasteiger charge is 2.46. The number of ether oxygens (including phenoxy) is 1. The molecule has 3 saturated heterocycles. The number of pyridine rings is 1. The molecule has 0 radical (unpaired) electrons. The maximum atomic E-state index is 12.7. The third-order valence-corrected chi connectivity index (χ3v) is 7.34. The lowest BCUT2D eigenvalue weighted by Gasteiger charge is -2.39. The highest BCUT2D eigenvalue weighted by Crippen LogP contribution is 2.40. The van der Waals surface area contributed by atoms with Gasteiger partial charge >= 0.3 is 0 Å². The van der Waals surface area contributed by atoms with Crippen molar-refractivity contribution >= 4 is 11.6 Å². The molecule has 29 heavy (non-hydrogen) atoms. The molecular weight excluding hydrogens is 364 g/mol. The Kier molecular flexibility index (Phi) is 5.08. The summed E-state index contributed by atoms with van der Waals surface area (Å²) < 4.78 is 8.03. The third kappa shape index (κ3) is 3.57. The summed E-state index contributed by atoms with van der Waals surface area (Å²) in [5.41, 5.74) is 3.48. The highest BCUT2D eigenvalue weighted by molar-refractivity contribution is 5.79. The molecule has 0 bridgehead atoms. The van der Waals surface area contributed by atoms with Gasteiger partial charge in [0, 0.05) is 50.1 Å². The van der Waals surface area contributed by atoms with Crippen molar-refractivity contribution in [1.82, 2.24) is 19.2 Å². The number of carbonyl (C=O) groups is 1. The van der Waals surface area contributed by atoms with Gasteiger partial charge in [-0.2, -0.15) is 0 Å². The number of amides is 1. The molecule has 2 atom stereocenters. The van der Waals surface area contributed by atoms with E-state index in [0.29, 0.717) is 12.3 Å². The fourth-order valence-corrected chi connectivity index (χ4v) is 5.60. The normalized spacial score (nSPS) is 28.7. The van der Waals surface area contributed by atoms with E-state index in [9.17, 15) is 4.79 Å². The lowest BCUT2D eigenvalue weighted by Crippen LogP contribution is -2.49. The number of nitrogens with zero attached hydrogens (tertiary/aromatic N) is 4. The number of rotatable bonds is 4. The van der Waals surface area contributed by atoms with Gasteiger partial charge in [0.2, 0.25) is 5.91 Å². The van der Waals surface area contributed by atoms with Crippen LogP contribution in [0.4, 0.5) is 0 Å². The molecule has 0 N–H and O–H groups in total. The monoisotopic (exact) mass is 396 g/mol. The van der Waals surface area contributed by atoms with Crippen LogP contribution >= 0.6 is 0 Å². The first-order valence-corrected chi connectivity index (χ1v) is 11.2. The Bertz CT molecular complexity index is 888.